The lowest BCUT2D eigenvalue weighted by Crippen LogP contribution is -2.37. The number of nitrogens with one attached hydrogen (secondary N) is 1. The number of anilines is 1. The van der Waals surface area contributed by atoms with Gasteiger partial charge in [0.05, 0.1) is 5.92 Å². The number of carboxylic acid groups (broad SMARTS) is 1. The van der Waals surface area contributed by atoms with Crippen molar-refractivity contribution >= 4 is 23.5 Å². The molecule has 1 aromatic rings. The molecule has 0 aliphatic carbocycles. The van der Waals surface area contributed by atoms with Gasteiger partial charge in [-0.25, -0.2) is 0 Å². The molecule has 1 aromatic carbocycles. The van der Waals surface area contributed by atoms with Crippen LogP contribution in [0, 0.1) is 5.92 Å². The number of benzene rings is 1. The molecule has 0 aromatic heterocycles. The van der Waals surface area contributed by atoms with Crippen molar-refractivity contribution in [1.29, 1.82) is 0 Å². The molecule has 0 radical (unpaired) electrons. The fraction of sp³-hybridized carbons (Fsp3) is 0.438. The standard InChI is InChI=1S/C16H18N2O4/c1-9-12(16(21)22)6-7-18(9)15(20)11-2-4-13-10(8-11)3-5-14(19)17-13/h2,4,8-9,12H,3,5-7H2,1H3,(H,17,19)(H,21,22). The Hall–Kier alpha value is -2.37. The predicted octanol–water partition coefficient (Wildman–Crippen LogP) is 1.51. The second kappa shape index (κ2) is 5.44. The van der Waals surface area contributed by atoms with Crippen LogP contribution < -0.4 is 5.32 Å². The molecule has 22 heavy (non-hydrogen) atoms. The Morgan fingerprint density at radius 1 is 1.32 bits per heavy atom. The maximum absolute atomic E-state index is 12.6. The first-order valence-electron chi connectivity index (χ1n) is 7.44. The Labute approximate surface area is 128 Å². The van der Waals surface area contributed by atoms with Crippen molar-refractivity contribution in [3.8, 4) is 0 Å². The first-order chi connectivity index (χ1) is 10.5. The van der Waals surface area contributed by atoms with E-state index >= 15 is 0 Å². The molecule has 2 N–H and O–H groups in total. The van der Waals surface area contributed by atoms with E-state index in [1.807, 2.05) is 0 Å². The Kier molecular flexibility index (Phi) is 3.60. The van der Waals surface area contributed by atoms with E-state index in [4.69, 9.17) is 5.11 Å². The average molecular weight is 302 g/mol. The third-order valence-electron chi connectivity index (χ3n) is 4.58. The molecule has 2 aliphatic heterocycles. The highest BCUT2D eigenvalue weighted by atomic mass is 16.4. The Morgan fingerprint density at radius 3 is 2.77 bits per heavy atom. The molecule has 6 nitrogen and oxygen atoms in total. The van der Waals surface area contributed by atoms with Crippen molar-refractivity contribution in [1.82, 2.24) is 4.90 Å². The summed E-state index contributed by atoms with van der Waals surface area (Å²) in [5.74, 6) is -1.50. The second-order valence-corrected chi connectivity index (χ2v) is 5.89. The van der Waals surface area contributed by atoms with Crippen LogP contribution in [0.15, 0.2) is 18.2 Å². The fourth-order valence-corrected chi connectivity index (χ4v) is 3.24. The van der Waals surface area contributed by atoms with Crippen LogP contribution >= 0.6 is 0 Å². The molecule has 0 bridgehead atoms. The largest absolute Gasteiger partial charge is 0.481 e. The van der Waals surface area contributed by atoms with Crippen LogP contribution in [0.1, 0.15) is 35.7 Å². The van der Waals surface area contributed by atoms with Crippen molar-refractivity contribution in [3.05, 3.63) is 29.3 Å². The van der Waals surface area contributed by atoms with Crippen LogP contribution in [-0.4, -0.2) is 40.4 Å². The van der Waals surface area contributed by atoms with Gasteiger partial charge < -0.3 is 15.3 Å². The van der Waals surface area contributed by atoms with Crippen LogP contribution in [0.4, 0.5) is 5.69 Å². The molecule has 6 heteroatoms. The highest BCUT2D eigenvalue weighted by Gasteiger charge is 2.38. The third-order valence-corrected chi connectivity index (χ3v) is 4.58. The van der Waals surface area contributed by atoms with E-state index in [9.17, 15) is 14.4 Å². The van der Waals surface area contributed by atoms with Gasteiger partial charge in [-0.15, -0.1) is 0 Å². The fourth-order valence-electron chi connectivity index (χ4n) is 3.24. The Balaban J connectivity index is 1.81. The molecule has 2 aliphatic rings. The number of nitrogens with zero attached hydrogens (tertiary/aromatic N) is 1. The van der Waals surface area contributed by atoms with E-state index in [1.54, 1.807) is 30.0 Å². The summed E-state index contributed by atoms with van der Waals surface area (Å²) in [6.45, 7) is 2.24. The molecule has 1 saturated heterocycles. The van der Waals surface area contributed by atoms with Gasteiger partial charge in [-0.2, -0.15) is 0 Å². The van der Waals surface area contributed by atoms with Crippen LogP contribution in [0.25, 0.3) is 0 Å². The van der Waals surface area contributed by atoms with Gasteiger partial charge in [0, 0.05) is 30.3 Å². The van der Waals surface area contributed by atoms with E-state index < -0.39 is 11.9 Å². The first kappa shape index (κ1) is 14.6. The zero-order valence-corrected chi connectivity index (χ0v) is 12.3. The third kappa shape index (κ3) is 2.45. The van der Waals surface area contributed by atoms with E-state index in [-0.39, 0.29) is 17.9 Å². The SMILES string of the molecule is CC1C(C(=O)O)CCN1C(=O)c1ccc2c(c1)CCC(=O)N2. The smallest absolute Gasteiger partial charge is 0.308 e. The summed E-state index contributed by atoms with van der Waals surface area (Å²) in [5.41, 5.74) is 2.26. The number of aliphatic carboxylic acids is 1. The number of fused-ring (bicyclic) bond motifs is 1. The highest BCUT2D eigenvalue weighted by Crippen LogP contribution is 2.28. The summed E-state index contributed by atoms with van der Waals surface area (Å²) in [5, 5.41) is 11.9. The van der Waals surface area contributed by atoms with Gasteiger partial charge in [-0.1, -0.05) is 0 Å². The molecule has 0 saturated carbocycles. The summed E-state index contributed by atoms with van der Waals surface area (Å²) in [6.07, 6.45) is 1.53. The summed E-state index contributed by atoms with van der Waals surface area (Å²) in [7, 11) is 0. The Morgan fingerprint density at radius 2 is 2.09 bits per heavy atom. The topological polar surface area (TPSA) is 86.7 Å². The molecule has 2 amide bonds. The van der Waals surface area contributed by atoms with Gasteiger partial charge >= 0.3 is 5.97 Å². The van der Waals surface area contributed by atoms with Gasteiger partial charge in [0.15, 0.2) is 0 Å². The number of rotatable bonds is 2. The van der Waals surface area contributed by atoms with E-state index in [0.29, 0.717) is 31.4 Å². The number of carbonyl (C=O) groups is 3. The summed E-state index contributed by atoms with van der Waals surface area (Å²) < 4.78 is 0. The minimum absolute atomic E-state index is 0.0101. The maximum Gasteiger partial charge on any atom is 0.308 e. The number of carboxylic acids is 1. The van der Waals surface area contributed by atoms with E-state index in [0.717, 1.165) is 11.3 Å². The minimum atomic E-state index is -0.851. The molecule has 116 valence electrons. The van der Waals surface area contributed by atoms with Crippen LogP contribution in [-0.2, 0) is 16.0 Å². The quantitative estimate of drug-likeness (QED) is 0.867. The molecule has 2 unspecified atom stereocenters. The van der Waals surface area contributed by atoms with Gasteiger partial charge in [-0.05, 0) is 43.5 Å². The zero-order chi connectivity index (χ0) is 15.9. The number of hydrogen-bond donors (Lipinski definition) is 2. The van der Waals surface area contributed by atoms with Crippen molar-refractivity contribution in [3.63, 3.8) is 0 Å². The van der Waals surface area contributed by atoms with Crippen molar-refractivity contribution in [2.75, 3.05) is 11.9 Å². The number of carbonyl (C=O) groups excluding carboxylic acids is 2. The summed E-state index contributed by atoms with van der Waals surface area (Å²) in [4.78, 5) is 36.8. The maximum atomic E-state index is 12.6. The van der Waals surface area contributed by atoms with E-state index in [1.165, 1.54) is 0 Å². The first-order valence-corrected chi connectivity index (χ1v) is 7.44. The lowest BCUT2D eigenvalue weighted by Gasteiger charge is -2.24. The van der Waals surface area contributed by atoms with Gasteiger partial charge in [0.25, 0.3) is 5.91 Å². The predicted molar refractivity (Wildman–Crippen MR) is 79.6 cm³/mol. The summed E-state index contributed by atoms with van der Waals surface area (Å²) in [6, 6.07) is 4.93. The van der Waals surface area contributed by atoms with Gasteiger partial charge in [0.2, 0.25) is 5.91 Å². The van der Waals surface area contributed by atoms with Gasteiger partial charge in [0.1, 0.15) is 0 Å². The second-order valence-electron chi connectivity index (χ2n) is 5.89. The molecule has 1 fully saturated rings. The molecule has 2 atom stereocenters. The lowest BCUT2D eigenvalue weighted by atomic mass is 9.99. The van der Waals surface area contributed by atoms with E-state index in [2.05, 4.69) is 5.32 Å². The minimum Gasteiger partial charge on any atom is -0.481 e. The zero-order valence-electron chi connectivity index (χ0n) is 12.3. The van der Waals surface area contributed by atoms with Crippen molar-refractivity contribution in [2.24, 2.45) is 5.92 Å². The molecule has 0 spiro atoms. The number of hydrogen-bond acceptors (Lipinski definition) is 3. The lowest BCUT2D eigenvalue weighted by molar-refractivity contribution is -0.142. The monoisotopic (exact) mass is 302 g/mol. The highest BCUT2D eigenvalue weighted by molar-refractivity contribution is 5.98. The van der Waals surface area contributed by atoms with Crippen LogP contribution in [0.3, 0.4) is 0 Å². The Bertz CT molecular complexity index is 656. The van der Waals surface area contributed by atoms with Crippen molar-refractivity contribution in [2.45, 2.75) is 32.2 Å². The average Bonchev–Trinajstić information content (AvgIpc) is 2.87. The number of likely N-dealkylation sites (tertiary alicyclic amines) is 1. The molecular weight excluding hydrogens is 284 g/mol. The van der Waals surface area contributed by atoms with Crippen molar-refractivity contribution < 1.29 is 19.5 Å². The normalized spacial score (nSPS) is 23.9. The van der Waals surface area contributed by atoms with Gasteiger partial charge in [-0.3, -0.25) is 14.4 Å². The number of aryl methyl sites for hydroxylation is 1. The van der Waals surface area contributed by atoms with Crippen LogP contribution in [0.2, 0.25) is 0 Å². The number of amides is 2. The van der Waals surface area contributed by atoms with Crippen LogP contribution in [0.5, 0.6) is 0 Å². The summed E-state index contributed by atoms with van der Waals surface area (Å²) >= 11 is 0. The molecule has 2 heterocycles. The molecular formula is C16H18N2O4. The molecule has 3 rings (SSSR count).